The lowest BCUT2D eigenvalue weighted by atomic mass is 10.2. The van der Waals surface area contributed by atoms with Gasteiger partial charge in [-0.25, -0.2) is 0 Å². The van der Waals surface area contributed by atoms with Crippen LogP contribution in [0.1, 0.15) is 38.1 Å². The number of carbonyl (C=O) groups excluding carboxylic acids is 1. The second-order valence-electron chi connectivity index (χ2n) is 5.07. The molecular formula is C14H23N3O2. The number of hydrogen-bond donors (Lipinski definition) is 2. The van der Waals surface area contributed by atoms with Crippen LogP contribution >= 0.6 is 0 Å². The first kappa shape index (κ1) is 15.4. The molecule has 0 saturated heterocycles. The summed E-state index contributed by atoms with van der Waals surface area (Å²) in [4.78, 5) is 17.9. The van der Waals surface area contributed by atoms with Gasteiger partial charge in [0.15, 0.2) is 0 Å². The van der Waals surface area contributed by atoms with Crippen LogP contribution in [0.3, 0.4) is 0 Å². The first-order chi connectivity index (χ1) is 8.93. The van der Waals surface area contributed by atoms with Crippen molar-refractivity contribution >= 4 is 5.91 Å². The van der Waals surface area contributed by atoms with E-state index in [2.05, 4.69) is 42.9 Å². The van der Waals surface area contributed by atoms with Gasteiger partial charge in [0.2, 0.25) is 0 Å². The van der Waals surface area contributed by atoms with Gasteiger partial charge < -0.3 is 10.4 Å². The minimum absolute atomic E-state index is 0.0930. The summed E-state index contributed by atoms with van der Waals surface area (Å²) in [6, 6.07) is 2.38. The maximum absolute atomic E-state index is 11.9. The molecule has 5 heteroatoms. The molecule has 1 amide bonds. The van der Waals surface area contributed by atoms with Crippen LogP contribution in [-0.4, -0.2) is 46.1 Å². The Morgan fingerprint density at radius 2 is 2.00 bits per heavy atom. The summed E-state index contributed by atoms with van der Waals surface area (Å²) in [6.45, 7) is 9.88. The Morgan fingerprint density at radius 1 is 1.37 bits per heavy atom. The molecule has 0 radical (unpaired) electrons. The molecule has 0 atom stereocenters. The van der Waals surface area contributed by atoms with Crippen molar-refractivity contribution < 1.29 is 9.90 Å². The molecule has 0 aliphatic rings. The van der Waals surface area contributed by atoms with E-state index in [1.807, 2.05) is 0 Å². The van der Waals surface area contributed by atoms with E-state index in [4.69, 9.17) is 0 Å². The second-order valence-corrected chi connectivity index (χ2v) is 5.07. The van der Waals surface area contributed by atoms with Crippen molar-refractivity contribution in [1.29, 1.82) is 0 Å². The van der Waals surface area contributed by atoms with Gasteiger partial charge in [0.25, 0.3) is 5.91 Å². The molecule has 0 fully saturated rings. The van der Waals surface area contributed by atoms with Gasteiger partial charge >= 0.3 is 0 Å². The lowest BCUT2D eigenvalue weighted by molar-refractivity contribution is 0.0936. The molecule has 1 aromatic heterocycles. The molecule has 0 bridgehead atoms. The Bertz CT molecular complexity index is 411. The maximum Gasteiger partial charge on any atom is 0.255 e. The number of pyridine rings is 1. The van der Waals surface area contributed by atoms with E-state index < -0.39 is 0 Å². The summed E-state index contributed by atoms with van der Waals surface area (Å²) in [7, 11) is 0. The average Bonchev–Trinajstić information content (AvgIpc) is 2.33. The van der Waals surface area contributed by atoms with Gasteiger partial charge in [0.05, 0.1) is 11.8 Å². The van der Waals surface area contributed by atoms with Crippen LogP contribution < -0.4 is 5.32 Å². The molecule has 19 heavy (non-hydrogen) atoms. The molecule has 0 aromatic carbocycles. The van der Waals surface area contributed by atoms with E-state index >= 15 is 0 Å². The molecule has 5 nitrogen and oxygen atoms in total. The van der Waals surface area contributed by atoms with Gasteiger partial charge in [-0.3, -0.25) is 14.7 Å². The SMILES string of the molecule is CC(C)N(CCNC(=O)c1ccncc1O)C(C)C. The lowest BCUT2D eigenvalue weighted by Crippen LogP contribution is -2.42. The molecule has 0 saturated carbocycles. The van der Waals surface area contributed by atoms with Crippen LogP contribution in [0, 0.1) is 0 Å². The van der Waals surface area contributed by atoms with Crippen molar-refractivity contribution in [3.05, 3.63) is 24.0 Å². The number of nitrogens with one attached hydrogen (secondary N) is 1. The van der Waals surface area contributed by atoms with Crippen LogP contribution in [0.4, 0.5) is 0 Å². The highest BCUT2D eigenvalue weighted by Crippen LogP contribution is 2.13. The summed E-state index contributed by atoms with van der Waals surface area (Å²) in [6.07, 6.45) is 2.76. The smallest absolute Gasteiger partial charge is 0.255 e. The first-order valence-electron chi connectivity index (χ1n) is 6.60. The van der Waals surface area contributed by atoms with Crippen molar-refractivity contribution in [2.24, 2.45) is 0 Å². The van der Waals surface area contributed by atoms with Crippen molar-refractivity contribution in [3.8, 4) is 5.75 Å². The summed E-state index contributed by atoms with van der Waals surface area (Å²) >= 11 is 0. The summed E-state index contributed by atoms with van der Waals surface area (Å²) in [5, 5.41) is 12.3. The summed E-state index contributed by atoms with van der Waals surface area (Å²) < 4.78 is 0. The number of amides is 1. The van der Waals surface area contributed by atoms with E-state index in [0.29, 0.717) is 18.6 Å². The maximum atomic E-state index is 11.9. The van der Waals surface area contributed by atoms with Gasteiger partial charge in [-0.05, 0) is 33.8 Å². The molecular weight excluding hydrogens is 242 g/mol. The van der Waals surface area contributed by atoms with Crippen LogP contribution in [0.5, 0.6) is 5.75 Å². The average molecular weight is 265 g/mol. The number of carbonyl (C=O) groups is 1. The fourth-order valence-electron chi connectivity index (χ4n) is 2.08. The molecule has 1 aromatic rings. The second kappa shape index (κ2) is 7.09. The Kier molecular flexibility index (Phi) is 5.76. The molecule has 2 N–H and O–H groups in total. The zero-order chi connectivity index (χ0) is 14.4. The van der Waals surface area contributed by atoms with E-state index in [1.54, 1.807) is 0 Å². The summed E-state index contributed by atoms with van der Waals surface area (Å²) in [5.41, 5.74) is 0.260. The Morgan fingerprint density at radius 3 is 2.53 bits per heavy atom. The number of aromatic hydroxyl groups is 1. The predicted molar refractivity (Wildman–Crippen MR) is 75.2 cm³/mol. The van der Waals surface area contributed by atoms with Gasteiger partial charge in [-0.1, -0.05) is 0 Å². The highest BCUT2D eigenvalue weighted by Gasteiger charge is 2.14. The highest BCUT2D eigenvalue weighted by atomic mass is 16.3. The highest BCUT2D eigenvalue weighted by molar-refractivity contribution is 5.96. The third kappa shape index (κ3) is 4.52. The van der Waals surface area contributed by atoms with Gasteiger partial charge in [0, 0.05) is 31.4 Å². The van der Waals surface area contributed by atoms with E-state index in [1.165, 1.54) is 18.5 Å². The lowest BCUT2D eigenvalue weighted by Gasteiger charge is -2.30. The number of hydrogen-bond acceptors (Lipinski definition) is 4. The Balaban J connectivity index is 2.49. The molecule has 1 rings (SSSR count). The predicted octanol–water partition coefficient (Wildman–Crippen LogP) is 1.64. The topological polar surface area (TPSA) is 65.5 Å². The molecule has 0 unspecified atom stereocenters. The standard InChI is InChI=1S/C14H23N3O2/c1-10(2)17(11(3)4)8-7-16-14(19)12-5-6-15-9-13(12)18/h5-6,9-11,18H,7-8H2,1-4H3,(H,16,19). The molecule has 0 aliphatic carbocycles. The summed E-state index contributed by atoms with van der Waals surface area (Å²) in [5.74, 6) is -0.364. The normalized spacial score (nSPS) is 11.3. The minimum Gasteiger partial charge on any atom is -0.505 e. The minimum atomic E-state index is -0.271. The van der Waals surface area contributed by atoms with Crippen LogP contribution in [0.25, 0.3) is 0 Å². The van der Waals surface area contributed by atoms with Crippen molar-refractivity contribution in [2.45, 2.75) is 39.8 Å². The van der Waals surface area contributed by atoms with E-state index in [9.17, 15) is 9.90 Å². The number of aromatic nitrogens is 1. The van der Waals surface area contributed by atoms with Gasteiger partial charge in [0.1, 0.15) is 5.75 Å². The van der Waals surface area contributed by atoms with Crippen LogP contribution in [-0.2, 0) is 0 Å². The van der Waals surface area contributed by atoms with E-state index in [0.717, 1.165) is 6.54 Å². The zero-order valence-electron chi connectivity index (χ0n) is 12.1. The molecule has 0 aliphatic heterocycles. The fourth-order valence-corrected chi connectivity index (χ4v) is 2.08. The largest absolute Gasteiger partial charge is 0.505 e. The third-order valence-corrected chi connectivity index (χ3v) is 3.03. The van der Waals surface area contributed by atoms with Gasteiger partial charge in [-0.2, -0.15) is 0 Å². The van der Waals surface area contributed by atoms with E-state index in [-0.39, 0.29) is 17.2 Å². The zero-order valence-corrected chi connectivity index (χ0v) is 12.1. The molecule has 0 spiro atoms. The van der Waals surface area contributed by atoms with Crippen molar-refractivity contribution in [2.75, 3.05) is 13.1 Å². The number of nitrogens with zero attached hydrogens (tertiary/aromatic N) is 2. The molecule has 106 valence electrons. The van der Waals surface area contributed by atoms with Crippen LogP contribution in [0.15, 0.2) is 18.5 Å². The third-order valence-electron chi connectivity index (χ3n) is 3.03. The molecule has 1 heterocycles. The Hall–Kier alpha value is -1.62. The number of rotatable bonds is 6. The quantitative estimate of drug-likeness (QED) is 0.820. The Labute approximate surface area is 114 Å². The fraction of sp³-hybridized carbons (Fsp3) is 0.571. The first-order valence-corrected chi connectivity index (χ1v) is 6.60. The van der Waals surface area contributed by atoms with Crippen molar-refractivity contribution in [3.63, 3.8) is 0 Å². The van der Waals surface area contributed by atoms with Gasteiger partial charge in [-0.15, -0.1) is 0 Å². The monoisotopic (exact) mass is 265 g/mol. The van der Waals surface area contributed by atoms with Crippen LogP contribution in [0.2, 0.25) is 0 Å². The van der Waals surface area contributed by atoms with Crippen molar-refractivity contribution in [1.82, 2.24) is 15.2 Å².